The van der Waals surface area contributed by atoms with Crippen molar-refractivity contribution >= 4 is 39.1 Å². The maximum atomic E-state index is 13.4. The third-order valence-corrected chi connectivity index (χ3v) is 7.98. The van der Waals surface area contributed by atoms with E-state index in [-0.39, 0.29) is 23.1 Å². The molecule has 3 aromatic rings. The van der Waals surface area contributed by atoms with E-state index in [4.69, 9.17) is 14.5 Å². The molecule has 2 heterocycles. The van der Waals surface area contributed by atoms with Crippen molar-refractivity contribution in [1.29, 1.82) is 0 Å². The Morgan fingerprint density at radius 2 is 1.90 bits per heavy atom. The number of thiophene rings is 1. The van der Waals surface area contributed by atoms with Crippen molar-refractivity contribution in [2.75, 3.05) is 20.0 Å². The lowest BCUT2D eigenvalue weighted by atomic mass is 10.1. The number of aryl methyl sites for hydroxylation is 2. The van der Waals surface area contributed by atoms with Crippen molar-refractivity contribution in [3.63, 3.8) is 0 Å². The van der Waals surface area contributed by atoms with Gasteiger partial charge in [-0.1, -0.05) is 24.6 Å². The average Bonchev–Trinajstić information content (AvgIpc) is 3.39. The Balaban J connectivity index is 1.67. The summed E-state index contributed by atoms with van der Waals surface area (Å²) in [6, 6.07) is 5.31. The minimum Gasteiger partial charge on any atom is -0.493 e. The van der Waals surface area contributed by atoms with Crippen LogP contribution in [0.1, 0.15) is 52.5 Å². The van der Waals surface area contributed by atoms with Crippen LogP contribution in [0.2, 0.25) is 0 Å². The second-order valence-corrected chi connectivity index (χ2v) is 9.90. The molecule has 1 saturated carbocycles. The Kier molecular flexibility index (Phi) is 6.39. The fourth-order valence-electron chi connectivity index (χ4n) is 4.10. The predicted molar refractivity (Wildman–Crippen MR) is 125 cm³/mol. The van der Waals surface area contributed by atoms with Crippen LogP contribution in [0.25, 0.3) is 10.2 Å². The molecule has 0 spiro atoms. The highest BCUT2D eigenvalue weighted by Gasteiger charge is 2.25. The minimum absolute atomic E-state index is 0.0276. The summed E-state index contributed by atoms with van der Waals surface area (Å²) in [5.74, 6) is 1.25. The Morgan fingerprint density at radius 3 is 2.58 bits per heavy atom. The molecule has 0 N–H and O–H groups in total. The van der Waals surface area contributed by atoms with E-state index in [0.29, 0.717) is 22.2 Å². The maximum Gasteiger partial charge on any atom is 0.263 e. The van der Waals surface area contributed by atoms with E-state index < -0.39 is 0 Å². The maximum absolute atomic E-state index is 13.4. The molecule has 31 heavy (non-hydrogen) atoms. The van der Waals surface area contributed by atoms with E-state index in [1.807, 2.05) is 18.4 Å². The number of carbonyl (C=O) groups is 1. The molecule has 1 aliphatic carbocycles. The highest BCUT2D eigenvalue weighted by Crippen LogP contribution is 2.35. The molecular weight excluding hydrogens is 432 g/mol. The molecule has 6 nitrogen and oxygen atoms in total. The second kappa shape index (κ2) is 9.04. The van der Waals surface area contributed by atoms with Crippen molar-refractivity contribution in [1.82, 2.24) is 9.55 Å². The fraction of sp³-hybridized carbons (Fsp3) is 0.435. The monoisotopic (exact) mass is 458 g/mol. The van der Waals surface area contributed by atoms with E-state index in [9.17, 15) is 9.59 Å². The number of aromatic nitrogens is 2. The quantitative estimate of drug-likeness (QED) is 0.276. The Bertz CT molecular complexity index is 1190. The molecule has 1 aromatic carbocycles. The number of ketones is 1. The third-order valence-electron chi connectivity index (χ3n) is 5.93. The molecule has 1 aliphatic rings. The average molecular weight is 459 g/mol. The van der Waals surface area contributed by atoms with Crippen LogP contribution < -0.4 is 15.0 Å². The van der Waals surface area contributed by atoms with Crippen molar-refractivity contribution in [2.45, 2.75) is 50.7 Å². The van der Waals surface area contributed by atoms with Gasteiger partial charge in [-0.3, -0.25) is 14.2 Å². The zero-order valence-electron chi connectivity index (χ0n) is 18.2. The van der Waals surface area contributed by atoms with Gasteiger partial charge in [-0.2, -0.15) is 0 Å². The summed E-state index contributed by atoms with van der Waals surface area (Å²) in [6.07, 6.45) is 4.19. The number of carbonyl (C=O) groups excluding carboxylic acids is 1. The van der Waals surface area contributed by atoms with Crippen LogP contribution in [0, 0.1) is 13.8 Å². The van der Waals surface area contributed by atoms with Gasteiger partial charge in [-0.15, -0.1) is 11.3 Å². The van der Waals surface area contributed by atoms with Gasteiger partial charge in [0.2, 0.25) is 0 Å². The first kappa shape index (κ1) is 21.9. The number of nitrogens with zero attached hydrogens (tertiary/aromatic N) is 2. The van der Waals surface area contributed by atoms with Crippen LogP contribution in [0.4, 0.5) is 0 Å². The molecular formula is C23H26N2O4S2. The smallest absolute Gasteiger partial charge is 0.263 e. The predicted octanol–water partition coefficient (Wildman–Crippen LogP) is 5.18. The first-order chi connectivity index (χ1) is 14.9. The molecule has 0 amide bonds. The topological polar surface area (TPSA) is 70.4 Å². The minimum atomic E-state index is -0.0446. The van der Waals surface area contributed by atoms with Gasteiger partial charge in [-0.05, 0) is 50.5 Å². The van der Waals surface area contributed by atoms with Crippen molar-refractivity contribution < 1.29 is 14.3 Å². The molecule has 0 saturated heterocycles. The molecule has 2 aromatic heterocycles. The fourth-order valence-corrected chi connectivity index (χ4v) is 6.13. The highest BCUT2D eigenvalue weighted by molar-refractivity contribution is 7.99. The summed E-state index contributed by atoms with van der Waals surface area (Å²) in [6.45, 7) is 4.01. The zero-order valence-corrected chi connectivity index (χ0v) is 19.8. The summed E-state index contributed by atoms with van der Waals surface area (Å²) in [5, 5.41) is 1.37. The van der Waals surface area contributed by atoms with E-state index in [1.54, 1.807) is 43.8 Å². The molecule has 0 unspecified atom stereocenters. The van der Waals surface area contributed by atoms with E-state index in [0.717, 1.165) is 46.3 Å². The van der Waals surface area contributed by atoms with Crippen LogP contribution in [0.3, 0.4) is 0 Å². The molecule has 0 atom stereocenters. The third kappa shape index (κ3) is 4.11. The van der Waals surface area contributed by atoms with Crippen LogP contribution >= 0.6 is 23.1 Å². The van der Waals surface area contributed by atoms with Crippen LogP contribution in [0.15, 0.2) is 28.2 Å². The number of hydrogen-bond donors (Lipinski definition) is 0. The number of fused-ring (bicyclic) bond motifs is 1. The summed E-state index contributed by atoms with van der Waals surface area (Å²) >= 11 is 2.89. The largest absolute Gasteiger partial charge is 0.493 e. The molecule has 164 valence electrons. The highest BCUT2D eigenvalue weighted by atomic mass is 32.2. The van der Waals surface area contributed by atoms with Gasteiger partial charge in [-0.25, -0.2) is 4.98 Å². The number of benzene rings is 1. The number of hydrogen-bond acceptors (Lipinski definition) is 7. The number of ether oxygens (including phenoxy) is 2. The van der Waals surface area contributed by atoms with Crippen molar-refractivity contribution in [2.24, 2.45) is 0 Å². The van der Waals surface area contributed by atoms with Gasteiger partial charge in [0.1, 0.15) is 4.83 Å². The van der Waals surface area contributed by atoms with Gasteiger partial charge < -0.3 is 9.47 Å². The number of Topliss-reactive ketones (excluding diaryl/α,β-unsaturated/α-hetero) is 1. The summed E-state index contributed by atoms with van der Waals surface area (Å²) in [5.41, 5.74) is 1.59. The van der Waals surface area contributed by atoms with Gasteiger partial charge in [0.25, 0.3) is 5.56 Å². The molecule has 0 aliphatic heterocycles. The van der Waals surface area contributed by atoms with Crippen molar-refractivity contribution in [3.05, 3.63) is 44.6 Å². The lowest BCUT2D eigenvalue weighted by Gasteiger charge is -2.18. The van der Waals surface area contributed by atoms with E-state index in [2.05, 4.69) is 0 Å². The first-order valence-electron chi connectivity index (χ1n) is 10.3. The standard InChI is InChI=1S/C23H26N2O4S2/c1-13-14(2)31-21-20(13)22(27)25(16-7-5-6-8-16)23(24-21)30-12-17(26)15-9-10-18(28-3)19(11-15)29-4/h9-11,16H,5-8,12H2,1-4H3. The summed E-state index contributed by atoms with van der Waals surface area (Å²) < 4.78 is 12.4. The van der Waals surface area contributed by atoms with Gasteiger partial charge in [0.05, 0.1) is 25.4 Å². The number of rotatable bonds is 7. The van der Waals surface area contributed by atoms with Crippen LogP contribution in [0.5, 0.6) is 11.5 Å². The van der Waals surface area contributed by atoms with Crippen LogP contribution in [-0.2, 0) is 0 Å². The zero-order chi connectivity index (χ0) is 22.1. The molecule has 1 fully saturated rings. The first-order valence-corrected chi connectivity index (χ1v) is 12.1. The normalized spacial score (nSPS) is 14.3. The second-order valence-electron chi connectivity index (χ2n) is 7.75. The van der Waals surface area contributed by atoms with E-state index in [1.165, 1.54) is 11.8 Å². The molecule has 8 heteroatoms. The van der Waals surface area contributed by atoms with Crippen LogP contribution in [-0.4, -0.2) is 35.3 Å². The molecule has 0 bridgehead atoms. The Morgan fingerprint density at radius 1 is 1.19 bits per heavy atom. The number of methoxy groups -OCH3 is 2. The number of thioether (sulfide) groups is 1. The van der Waals surface area contributed by atoms with Gasteiger partial charge in [0, 0.05) is 16.5 Å². The molecule has 0 radical (unpaired) electrons. The van der Waals surface area contributed by atoms with Gasteiger partial charge >= 0.3 is 0 Å². The molecule has 4 rings (SSSR count). The SMILES string of the molecule is COc1ccc(C(=O)CSc2nc3sc(C)c(C)c3c(=O)n2C2CCCC2)cc1OC. The summed E-state index contributed by atoms with van der Waals surface area (Å²) in [7, 11) is 3.11. The summed E-state index contributed by atoms with van der Waals surface area (Å²) in [4.78, 5) is 33.0. The Hall–Kier alpha value is -2.32. The lowest BCUT2D eigenvalue weighted by Crippen LogP contribution is -2.26. The lowest BCUT2D eigenvalue weighted by molar-refractivity contribution is 0.102. The van der Waals surface area contributed by atoms with Crippen molar-refractivity contribution in [3.8, 4) is 11.5 Å². The van der Waals surface area contributed by atoms with E-state index >= 15 is 0 Å². The van der Waals surface area contributed by atoms with Gasteiger partial charge in [0.15, 0.2) is 22.4 Å². The Labute approximate surface area is 189 Å².